The third-order valence-corrected chi connectivity index (χ3v) is 4.00. The number of aliphatic hydroxyl groups excluding tert-OH is 1. The molecule has 1 amide bonds. The maximum atomic E-state index is 12.3. The van der Waals surface area contributed by atoms with Gasteiger partial charge < -0.3 is 15.1 Å². The van der Waals surface area contributed by atoms with Gasteiger partial charge in [0.2, 0.25) is 5.91 Å². The molecule has 1 fully saturated rings. The van der Waals surface area contributed by atoms with Crippen molar-refractivity contribution in [3.8, 4) is 0 Å². The van der Waals surface area contributed by atoms with Gasteiger partial charge >= 0.3 is 5.97 Å². The first kappa shape index (κ1) is 16.0. The van der Waals surface area contributed by atoms with E-state index in [1.165, 1.54) is 0 Å². The molecule has 0 aromatic rings. The fraction of sp³-hybridized carbons (Fsp3) is 0.857. The van der Waals surface area contributed by atoms with Gasteiger partial charge in [-0.2, -0.15) is 0 Å². The summed E-state index contributed by atoms with van der Waals surface area (Å²) in [5.74, 6) is -0.861. The Morgan fingerprint density at radius 3 is 2.21 bits per heavy atom. The van der Waals surface area contributed by atoms with Crippen LogP contribution in [0.1, 0.15) is 52.4 Å². The van der Waals surface area contributed by atoms with Crippen LogP contribution in [0.15, 0.2) is 0 Å². The summed E-state index contributed by atoms with van der Waals surface area (Å²) in [7, 11) is 0. The van der Waals surface area contributed by atoms with Crippen LogP contribution < -0.4 is 0 Å². The molecule has 0 atom stereocenters. The quantitative estimate of drug-likeness (QED) is 0.738. The van der Waals surface area contributed by atoms with Gasteiger partial charge in [-0.1, -0.05) is 12.8 Å². The Labute approximate surface area is 114 Å². The standard InChI is InChI=1S/C14H25NO4/c1-11(2)15(7-8-16)12(17)9-14(10-13(18)19)5-3-4-6-14/h11,16H,3-10H2,1-2H3,(H,18,19). The Hall–Kier alpha value is -1.10. The van der Waals surface area contributed by atoms with Gasteiger partial charge in [0.05, 0.1) is 13.0 Å². The molecule has 0 heterocycles. The molecule has 0 radical (unpaired) electrons. The van der Waals surface area contributed by atoms with Crippen molar-refractivity contribution in [1.82, 2.24) is 4.90 Å². The monoisotopic (exact) mass is 271 g/mol. The number of carboxylic acids is 1. The van der Waals surface area contributed by atoms with Crippen molar-refractivity contribution >= 4 is 11.9 Å². The molecule has 19 heavy (non-hydrogen) atoms. The molecule has 1 aliphatic rings. The van der Waals surface area contributed by atoms with Gasteiger partial charge in [-0.05, 0) is 32.1 Å². The van der Waals surface area contributed by atoms with E-state index in [1.807, 2.05) is 13.8 Å². The smallest absolute Gasteiger partial charge is 0.303 e. The lowest BCUT2D eigenvalue weighted by Crippen LogP contribution is -2.41. The number of rotatable bonds is 7. The lowest BCUT2D eigenvalue weighted by Gasteiger charge is -2.32. The summed E-state index contributed by atoms with van der Waals surface area (Å²) in [5.41, 5.74) is -0.370. The van der Waals surface area contributed by atoms with Crippen LogP contribution in [0.4, 0.5) is 0 Å². The van der Waals surface area contributed by atoms with E-state index in [-0.39, 0.29) is 36.8 Å². The maximum absolute atomic E-state index is 12.3. The molecule has 1 saturated carbocycles. The molecule has 5 heteroatoms. The van der Waals surface area contributed by atoms with Crippen LogP contribution in [0.25, 0.3) is 0 Å². The third-order valence-electron chi connectivity index (χ3n) is 4.00. The zero-order valence-corrected chi connectivity index (χ0v) is 11.9. The first-order valence-corrected chi connectivity index (χ1v) is 7.02. The van der Waals surface area contributed by atoms with E-state index in [9.17, 15) is 9.59 Å². The van der Waals surface area contributed by atoms with Crippen LogP contribution in [-0.2, 0) is 9.59 Å². The van der Waals surface area contributed by atoms with E-state index < -0.39 is 5.97 Å². The van der Waals surface area contributed by atoms with Crippen LogP contribution in [0.5, 0.6) is 0 Å². The first-order chi connectivity index (χ1) is 8.90. The normalized spacial score (nSPS) is 17.7. The van der Waals surface area contributed by atoms with E-state index in [0.29, 0.717) is 6.54 Å². The molecule has 0 unspecified atom stereocenters. The summed E-state index contributed by atoms with van der Waals surface area (Å²) in [6.45, 7) is 4.08. The number of aliphatic hydroxyl groups is 1. The molecule has 0 spiro atoms. The van der Waals surface area contributed by atoms with E-state index in [1.54, 1.807) is 4.90 Å². The molecule has 5 nitrogen and oxygen atoms in total. The van der Waals surface area contributed by atoms with Gasteiger partial charge in [-0.25, -0.2) is 0 Å². The Bertz CT molecular complexity index is 321. The van der Waals surface area contributed by atoms with Crippen LogP contribution in [-0.4, -0.2) is 46.2 Å². The van der Waals surface area contributed by atoms with Gasteiger partial charge in [-0.3, -0.25) is 9.59 Å². The summed E-state index contributed by atoms with van der Waals surface area (Å²) in [5, 5.41) is 18.1. The molecule has 0 aromatic heterocycles. The van der Waals surface area contributed by atoms with E-state index in [2.05, 4.69) is 0 Å². The second-order valence-electron chi connectivity index (χ2n) is 5.86. The Balaban J connectivity index is 2.72. The topological polar surface area (TPSA) is 77.8 Å². The van der Waals surface area contributed by atoms with Crippen molar-refractivity contribution in [2.75, 3.05) is 13.2 Å². The molecular weight excluding hydrogens is 246 g/mol. The van der Waals surface area contributed by atoms with Crippen molar-refractivity contribution < 1.29 is 19.8 Å². The second-order valence-corrected chi connectivity index (χ2v) is 5.86. The van der Waals surface area contributed by atoms with E-state index in [0.717, 1.165) is 25.7 Å². The van der Waals surface area contributed by atoms with Crippen molar-refractivity contribution in [2.45, 2.75) is 58.4 Å². The summed E-state index contributed by atoms with van der Waals surface area (Å²) in [4.78, 5) is 25.0. The van der Waals surface area contributed by atoms with Crippen LogP contribution in [0.2, 0.25) is 0 Å². The van der Waals surface area contributed by atoms with Crippen molar-refractivity contribution in [1.29, 1.82) is 0 Å². The summed E-state index contributed by atoms with van der Waals surface area (Å²) in [6.07, 6.45) is 4.00. The second kappa shape index (κ2) is 6.89. The Morgan fingerprint density at radius 1 is 1.21 bits per heavy atom. The molecular formula is C14H25NO4. The van der Waals surface area contributed by atoms with Gasteiger partial charge in [-0.15, -0.1) is 0 Å². The molecule has 0 bridgehead atoms. The third kappa shape index (κ3) is 4.49. The van der Waals surface area contributed by atoms with Crippen LogP contribution in [0, 0.1) is 5.41 Å². The fourth-order valence-corrected chi connectivity index (χ4v) is 3.06. The average molecular weight is 271 g/mol. The highest BCUT2D eigenvalue weighted by Crippen LogP contribution is 2.44. The first-order valence-electron chi connectivity index (χ1n) is 7.02. The van der Waals surface area contributed by atoms with Gasteiger partial charge in [0.25, 0.3) is 0 Å². The number of hydrogen-bond donors (Lipinski definition) is 2. The molecule has 0 aliphatic heterocycles. The molecule has 1 rings (SSSR count). The predicted molar refractivity (Wildman–Crippen MR) is 71.7 cm³/mol. The van der Waals surface area contributed by atoms with Crippen molar-refractivity contribution in [3.05, 3.63) is 0 Å². The number of hydrogen-bond acceptors (Lipinski definition) is 3. The molecule has 0 saturated heterocycles. The minimum Gasteiger partial charge on any atom is -0.481 e. The minimum atomic E-state index is -0.826. The van der Waals surface area contributed by atoms with Gasteiger partial charge in [0.1, 0.15) is 0 Å². The average Bonchev–Trinajstić information content (AvgIpc) is 2.72. The largest absolute Gasteiger partial charge is 0.481 e. The van der Waals surface area contributed by atoms with Crippen LogP contribution >= 0.6 is 0 Å². The number of carboxylic acid groups (broad SMARTS) is 1. The highest BCUT2D eigenvalue weighted by molar-refractivity contribution is 5.78. The summed E-state index contributed by atoms with van der Waals surface area (Å²) in [6, 6.07) is 0.0305. The summed E-state index contributed by atoms with van der Waals surface area (Å²) >= 11 is 0. The predicted octanol–water partition coefficient (Wildman–Crippen LogP) is 1.64. The van der Waals surface area contributed by atoms with Crippen molar-refractivity contribution in [2.24, 2.45) is 5.41 Å². The number of nitrogens with zero attached hydrogens (tertiary/aromatic N) is 1. The molecule has 2 N–H and O–H groups in total. The van der Waals surface area contributed by atoms with Gasteiger partial charge in [0.15, 0.2) is 0 Å². The molecule has 0 aromatic carbocycles. The molecule has 110 valence electrons. The SMILES string of the molecule is CC(C)N(CCO)C(=O)CC1(CC(=O)O)CCCC1. The van der Waals surface area contributed by atoms with E-state index in [4.69, 9.17) is 10.2 Å². The number of carbonyl (C=O) groups is 2. The van der Waals surface area contributed by atoms with E-state index >= 15 is 0 Å². The number of aliphatic carboxylic acids is 1. The Kier molecular flexibility index (Phi) is 5.79. The zero-order chi connectivity index (χ0) is 14.5. The highest BCUT2D eigenvalue weighted by atomic mass is 16.4. The summed E-state index contributed by atoms with van der Waals surface area (Å²) < 4.78 is 0. The maximum Gasteiger partial charge on any atom is 0.303 e. The minimum absolute atomic E-state index is 0.0305. The zero-order valence-electron chi connectivity index (χ0n) is 11.9. The molecule has 1 aliphatic carbocycles. The number of carbonyl (C=O) groups excluding carboxylic acids is 1. The lowest BCUT2D eigenvalue weighted by atomic mass is 9.79. The lowest BCUT2D eigenvalue weighted by molar-refractivity contribution is -0.142. The number of amides is 1. The Morgan fingerprint density at radius 2 is 1.79 bits per heavy atom. The van der Waals surface area contributed by atoms with Crippen molar-refractivity contribution in [3.63, 3.8) is 0 Å². The highest BCUT2D eigenvalue weighted by Gasteiger charge is 2.39. The fourth-order valence-electron chi connectivity index (χ4n) is 3.06. The van der Waals surface area contributed by atoms with Crippen LogP contribution in [0.3, 0.4) is 0 Å². The van der Waals surface area contributed by atoms with Gasteiger partial charge in [0, 0.05) is 19.0 Å².